The van der Waals surface area contributed by atoms with E-state index in [0.717, 1.165) is 5.69 Å². The van der Waals surface area contributed by atoms with Crippen LogP contribution in [-0.4, -0.2) is 35.8 Å². The van der Waals surface area contributed by atoms with Gasteiger partial charge in [-0.25, -0.2) is 9.78 Å². The standard InChI is InChI=1S/C12H18N2O3/c1-4-17-6-5-13-11-10(12(15)16)8(2)7-9(3)14-11/h7H,4-6H2,1-3H3,(H,13,14)(H,15,16). The van der Waals surface area contributed by atoms with Gasteiger partial charge in [-0.05, 0) is 32.4 Å². The Labute approximate surface area is 101 Å². The molecule has 0 aromatic carbocycles. The Balaban J connectivity index is 2.85. The zero-order chi connectivity index (χ0) is 12.8. The van der Waals surface area contributed by atoms with Gasteiger partial charge >= 0.3 is 5.97 Å². The van der Waals surface area contributed by atoms with Gasteiger partial charge in [-0.3, -0.25) is 0 Å². The molecule has 0 unspecified atom stereocenters. The minimum absolute atomic E-state index is 0.229. The average Bonchev–Trinajstić information content (AvgIpc) is 2.22. The molecule has 1 rings (SSSR count). The van der Waals surface area contributed by atoms with Crippen LogP contribution in [0.5, 0.6) is 0 Å². The third kappa shape index (κ3) is 3.71. The maximum absolute atomic E-state index is 11.1. The Bertz CT molecular complexity index is 405. The first kappa shape index (κ1) is 13.4. The minimum atomic E-state index is -0.964. The molecule has 0 aliphatic carbocycles. The summed E-state index contributed by atoms with van der Waals surface area (Å²) < 4.78 is 5.18. The molecular formula is C12H18N2O3. The number of hydrogen-bond donors (Lipinski definition) is 2. The van der Waals surface area contributed by atoms with E-state index in [-0.39, 0.29) is 5.56 Å². The van der Waals surface area contributed by atoms with Crippen molar-refractivity contribution in [1.29, 1.82) is 0 Å². The van der Waals surface area contributed by atoms with Crippen LogP contribution in [0.3, 0.4) is 0 Å². The topological polar surface area (TPSA) is 71.5 Å². The highest BCUT2D eigenvalue weighted by molar-refractivity contribution is 5.94. The quantitative estimate of drug-likeness (QED) is 0.740. The van der Waals surface area contributed by atoms with Crippen molar-refractivity contribution < 1.29 is 14.6 Å². The zero-order valence-electron chi connectivity index (χ0n) is 10.4. The van der Waals surface area contributed by atoms with Crippen LogP contribution in [-0.2, 0) is 4.74 Å². The molecule has 0 amide bonds. The van der Waals surface area contributed by atoms with Gasteiger partial charge in [0.2, 0.25) is 0 Å². The molecule has 0 fully saturated rings. The first-order chi connectivity index (χ1) is 8.06. The molecule has 1 aromatic rings. The first-order valence-electron chi connectivity index (χ1n) is 5.59. The molecule has 0 radical (unpaired) electrons. The lowest BCUT2D eigenvalue weighted by atomic mass is 10.1. The summed E-state index contributed by atoms with van der Waals surface area (Å²) in [6.45, 7) is 7.25. The predicted molar refractivity (Wildman–Crippen MR) is 65.7 cm³/mol. The number of aromatic nitrogens is 1. The number of nitrogens with one attached hydrogen (secondary N) is 1. The van der Waals surface area contributed by atoms with Crippen LogP contribution in [0, 0.1) is 13.8 Å². The van der Waals surface area contributed by atoms with E-state index in [1.54, 1.807) is 13.0 Å². The molecule has 0 saturated heterocycles. The Morgan fingerprint density at radius 3 is 2.82 bits per heavy atom. The summed E-state index contributed by atoms with van der Waals surface area (Å²) >= 11 is 0. The SMILES string of the molecule is CCOCCNc1nc(C)cc(C)c1C(=O)O. The number of ether oxygens (including phenoxy) is 1. The second-order valence-electron chi connectivity index (χ2n) is 3.73. The summed E-state index contributed by atoms with van der Waals surface area (Å²) in [5, 5.41) is 12.1. The second-order valence-corrected chi connectivity index (χ2v) is 3.73. The van der Waals surface area contributed by atoms with Gasteiger partial charge in [0, 0.05) is 18.8 Å². The zero-order valence-corrected chi connectivity index (χ0v) is 10.4. The van der Waals surface area contributed by atoms with E-state index in [1.165, 1.54) is 0 Å². The van der Waals surface area contributed by atoms with Crippen LogP contribution in [0.25, 0.3) is 0 Å². The lowest BCUT2D eigenvalue weighted by molar-refractivity contribution is 0.0696. The number of pyridine rings is 1. The second kappa shape index (κ2) is 6.20. The molecule has 94 valence electrons. The Kier molecular flexibility index (Phi) is 4.90. The van der Waals surface area contributed by atoms with Crippen LogP contribution in [0.2, 0.25) is 0 Å². The summed E-state index contributed by atoms with van der Waals surface area (Å²) in [6, 6.07) is 1.76. The maximum Gasteiger partial charge on any atom is 0.339 e. The van der Waals surface area contributed by atoms with Crippen molar-refractivity contribution in [2.45, 2.75) is 20.8 Å². The fraction of sp³-hybridized carbons (Fsp3) is 0.500. The van der Waals surface area contributed by atoms with Gasteiger partial charge in [0.1, 0.15) is 11.4 Å². The summed E-state index contributed by atoms with van der Waals surface area (Å²) in [7, 11) is 0. The van der Waals surface area contributed by atoms with E-state index in [0.29, 0.717) is 31.1 Å². The predicted octanol–water partition coefficient (Wildman–Crippen LogP) is 1.85. The van der Waals surface area contributed by atoms with E-state index < -0.39 is 5.97 Å². The number of carboxylic acid groups (broad SMARTS) is 1. The van der Waals surface area contributed by atoms with Crippen LogP contribution in [0.15, 0.2) is 6.07 Å². The van der Waals surface area contributed by atoms with Gasteiger partial charge in [0.05, 0.1) is 6.61 Å². The van der Waals surface area contributed by atoms with Crippen molar-refractivity contribution in [1.82, 2.24) is 4.98 Å². The lowest BCUT2D eigenvalue weighted by Gasteiger charge is -2.11. The van der Waals surface area contributed by atoms with Crippen molar-refractivity contribution in [3.63, 3.8) is 0 Å². The third-order valence-corrected chi connectivity index (χ3v) is 2.30. The number of nitrogens with zero attached hydrogens (tertiary/aromatic N) is 1. The van der Waals surface area contributed by atoms with E-state index in [1.807, 2.05) is 13.8 Å². The number of rotatable bonds is 6. The smallest absolute Gasteiger partial charge is 0.339 e. The fourth-order valence-corrected chi connectivity index (χ4v) is 1.62. The summed E-state index contributed by atoms with van der Waals surface area (Å²) in [5.41, 5.74) is 1.74. The molecule has 5 nitrogen and oxygen atoms in total. The number of hydrogen-bond acceptors (Lipinski definition) is 4. The maximum atomic E-state index is 11.1. The van der Waals surface area contributed by atoms with Crippen LogP contribution < -0.4 is 5.32 Å². The molecule has 2 N–H and O–H groups in total. The van der Waals surface area contributed by atoms with Crippen LogP contribution in [0.4, 0.5) is 5.82 Å². The molecule has 1 aromatic heterocycles. The van der Waals surface area contributed by atoms with Gasteiger partial charge < -0.3 is 15.2 Å². The average molecular weight is 238 g/mol. The minimum Gasteiger partial charge on any atom is -0.478 e. The molecule has 0 aliphatic heterocycles. The van der Waals surface area contributed by atoms with E-state index >= 15 is 0 Å². The molecule has 0 aliphatic rings. The summed E-state index contributed by atoms with van der Waals surface area (Å²) in [6.07, 6.45) is 0. The Hall–Kier alpha value is -1.62. The molecule has 0 atom stereocenters. The Morgan fingerprint density at radius 2 is 2.24 bits per heavy atom. The van der Waals surface area contributed by atoms with Gasteiger partial charge in [0.15, 0.2) is 0 Å². The van der Waals surface area contributed by atoms with E-state index in [9.17, 15) is 4.79 Å². The lowest BCUT2D eigenvalue weighted by Crippen LogP contribution is -2.15. The van der Waals surface area contributed by atoms with E-state index in [4.69, 9.17) is 9.84 Å². The van der Waals surface area contributed by atoms with Gasteiger partial charge in [-0.1, -0.05) is 0 Å². The molecule has 1 heterocycles. The molecule has 17 heavy (non-hydrogen) atoms. The fourth-order valence-electron chi connectivity index (χ4n) is 1.62. The van der Waals surface area contributed by atoms with Crippen molar-refractivity contribution in [2.24, 2.45) is 0 Å². The van der Waals surface area contributed by atoms with Gasteiger partial charge in [0.25, 0.3) is 0 Å². The third-order valence-electron chi connectivity index (χ3n) is 2.30. The monoisotopic (exact) mass is 238 g/mol. The van der Waals surface area contributed by atoms with E-state index in [2.05, 4.69) is 10.3 Å². The molecule has 0 saturated carbocycles. The summed E-state index contributed by atoms with van der Waals surface area (Å²) in [4.78, 5) is 15.3. The highest BCUT2D eigenvalue weighted by Crippen LogP contribution is 2.18. The van der Waals surface area contributed by atoms with Gasteiger partial charge in [-0.2, -0.15) is 0 Å². The number of carboxylic acids is 1. The summed E-state index contributed by atoms with van der Waals surface area (Å²) in [5.74, 6) is -0.552. The molecule has 5 heteroatoms. The van der Waals surface area contributed by atoms with Crippen LogP contribution in [0.1, 0.15) is 28.5 Å². The van der Waals surface area contributed by atoms with Crippen molar-refractivity contribution in [2.75, 3.05) is 25.1 Å². The molecule has 0 bridgehead atoms. The normalized spacial score (nSPS) is 10.3. The largest absolute Gasteiger partial charge is 0.478 e. The van der Waals surface area contributed by atoms with Crippen molar-refractivity contribution in [3.05, 3.63) is 22.9 Å². The molecule has 0 spiro atoms. The number of carbonyl (C=O) groups is 1. The van der Waals surface area contributed by atoms with Crippen molar-refractivity contribution in [3.8, 4) is 0 Å². The number of aromatic carboxylic acids is 1. The number of anilines is 1. The van der Waals surface area contributed by atoms with Crippen molar-refractivity contribution >= 4 is 11.8 Å². The van der Waals surface area contributed by atoms with Crippen LogP contribution >= 0.6 is 0 Å². The van der Waals surface area contributed by atoms with Gasteiger partial charge in [-0.15, -0.1) is 0 Å². The number of aryl methyl sites for hydroxylation is 2. The molecular weight excluding hydrogens is 220 g/mol. The highest BCUT2D eigenvalue weighted by atomic mass is 16.5. The highest BCUT2D eigenvalue weighted by Gasteiger charge is 2.15. The first-order valence-corrected chi connectivity index (χ1v) is 5.59. The Morgan fingerprint density at radius 1 is 1.53 bits per heavy atom.